The first-order valence-electron chi connectivity index (χ1n) is 9.97. The summed E-state index contributed by atoms with van der Waals surface area (Å²) >= 11 is 0. The quantitative estimate of drug-likeness (QED) is 0.237. The molecule has 1 heterocycles. The molecule has 0 saturated heterocycles. The number of aliphatic imine (C=N–C) groups is 1. The zero-order valence-electron chi connectivity index (χ0n) is 17.8. The number of aromatic amines is 1. The molecule has 0 bridgehead atoms. The van der Waals surface area contributed by atoms with Crippen molar-refractivity contribution in [1.29, 1.82) is 0 Å². The van der Waals surface area contributed by atoms with Gasteiger partial charge >= 0.3 is 0 Å². The number of nitrogens with zero attached hydrogens (tertiary/aromatic N) is 3. The molecule has 0 radical (unpaired) electrons. The smallest absolute Gasteiger partial charge is 0.239 e. The van der Waals surface area contributed by atoms with E-state index in [2.05, 4.69) is 37.7 Å². The number of guanidine groups is 1. The van der Waals surface area contributed by atoms with E-state index in [9.17, 15) is 4.79 Å². The summed E-state index contributed by atoms with van der Waals surface area (Å²) in [5, 5.41) is 6.03. The lowest BCUT2D eigenvalue weighted by molar-refractivity contribution is -0.120. The average molecular weight is 532 g/mol. The first kappa shape index (κ1) is 24.4. The van der Waals surface area contributed by atoms with Crippen LogP contribution >= 0.6 is 24.0 Å². The molecule has 1 aromatic heterocycles. The van der Waals surface area contributed by atoms with Crippen molar-refractivity contribution in [2.24, 2.45) is 4.99 Å². The molecular formula is C23H29IN6O. The van der Waals surface area contributed by atoms with Gasteiger partial charge in [-0.2, -0.15) is 0 Å². The molecule has 0 aliphatic carbocycles. The van der Waals surface area contributed by atoms with Gasteiger partial charge in [0, 0.05) is 20.6 Å². The van der Waals surface area contributed by atoms with E-state index in [0.717, 1.165) is 23.5 Å². The third-order valence-electron chi connectivity index (χ3n) is 4.66. The molecule has 2 aromatic carbocycles. The second-order valence-electron chi connectivity index (χ2n) is 6.95. The number of nitrogens with one attached hydrogen (secondary N) is 3. The highest BCUT2D eigenvalue weighted by atomic mass is 127. The Kier molecular flexibility index (Phi) is 10.0. The van der Waals surface area contributed by atoms with Crippen molar-refractivity contribution in [3.63, 3.8) is 0 Å². The lowest BCUT2D eigenvalue weighted by Crippen LogP contribution is -2.44. The van der Waals surface area contributed by atoms with Gasteiger partial charge in [-0.15, -0.1) is 24.0 Å². The summed E-state index contributed by atoms with van der Waals surface area (Å²) in [4.78, 5) is 26.1. The predicted molar refractivity (Wildman–Crippen MR) is 135 cm³/mol. The van der Waals surface area contributed by atoms with E-state index >= 15 is 0 Å². The highest BCUT2D eigenvalue weighted by Gasteiger charge is 2.11. The third kappa shape index (κ3) is 7.71. The van der Waals surface area contributed by atoms with Crippen LogP contribution in [-0.2, 0) is 17.8 Å². The second kappa shape index (κ2) is 12.7. The fourth-order valence-corrected chi connectivity index (χ4v) is 3.10. The molecule has 0 atom stereocenters. The minimum atomic E-state index is -0.0650. The van der Waals surface area contributed by atoms with Crippen molar-refractivity contribution in [1.82, 2.24) is 25.5 Å². The van der Waals surface area contributed by atoms with Gasteiger partial charge in [0.1, 0.15) is 5.82 Å². The fraction of sp³-hybridized carbons (Fsp3) is 0.261. The Morgan fingerprint density at radius 3 is 2.42 bits per heavy atom. The summed E-state index contributed by atoms with van der Waals surface area (Å²) in [5.41, 5.74) is 3.27. The standard InChI is InChI=1S/C23H28N6O.HI/c1-24-23(27-16-22(30)25-14-13-18-9-5-3-6-10-18)29(2)17-21-26-15-20(28-21)19-11-7-4-8-12-19;/h3-12,15H,13-14,16-17H2,1-2H3,(H,24,27)(H,25,30)(H,26,28);1H. The number of rotatable bonds is 8. The van der Waals surface area contributed by atoms with Crippen LogP contribution in [-0.4, -0.2) is 53.9 Å². The Morgan fingerprint density at radius 1 is 1.06 bits per heavy atom. The van der Waals surface area contributed by atoms with E-state index in [1.165, 1.54) is 5.56 Å². The summed E-state index contributed by atoms with van der Waals surface area (Å²) in [6.07, 6.45) is 2.64. The van der Waals surface area contributed by atoms with Gasteiger partial charge in [0.2, 0.25) is 5.91 Å². The second-order valence-corrected chi connectivity index (χ2v) is 6.95. The van der Waals surface area contributed by atoms with E-state index in [-0.39, 0.29) is 36.4 Å². The third-order valence-corrected chi connectivity index (χ3v) is 4.66. The number of H-pyrrole nitrogens is 1. The maximum absolute atomic E-state index is 12.1. The molecule has 164 valence electrons. The van der Waals surface area contributed by atoms with Gasteiger partial charge in [0.25, 0.3) is 0 Å². The normalized spacial score (nSPS) is 10.8. The summed E-state index contributed by atoms with van der Waals surface area (Å²) in [6, 6.07) is 20.2. The molecule has 1 amide bonds. The van der Waals surface area contributed by atoms with Gasteiger partial charge in [-0.1, -0.05) is 60.7 Å². The van der Waals surface area contributed by atoms with Crippen LogP contribution in [0.2, 0.25) is 0 Å². The molecule has 3 aromatic rings. The first-order chi connectivity index (χ1) is 14.7. The zero-order chi connectivity index (χ0) is 21.2. The van der Waals surface area contributed by atoms with Gasteiger partial charge in [-0.05, 0) is 17.5 Å². The molecule has 0 saturated carbocycles. The van der Waals surface area contributed by atoms with Crippen LogP contribution in [0.4, 0.5) is 0 Å². The highest BCUT2D eigenvalue weighted by Crippen LogP contribution is 2.16. The summed E-state index contributed by atoms with van der Waals surface area (Å²) in [6.45, 7) is 1.31. The van der Waals surface area contributed by atoms with E-state index < -0.39 is 0 Å². The molecule has 0 spiro atoms. The van der Waals surface area contributed by atoms with Crippen molar-refractivity contribution < 1.29 is 4.79 Å². The molecule has 3 N–H and O–H groups in total. The molecule has 8 heteroatoms. The average Bonchev–Trinajstić information content (AvgIpc) is 3.24. The van der Waals surface area contributed by atoms with Crippen molar-refractivity contribution in [3.8, 4) is 11.3 Å². The molecule has 0 unspecified atom stereocenters. The molecule has 0 aliphatic heterocycles. The van der Waals surface area contributed by atoms with Crippen LogP contribution < -0.4 is 10.6 Å². The molecule has 0 aliphatic rings. The van der Waals surface area contributed by atoms with Crippen LogP contribution in [0.15, 0.2) is 71.9 Å². The molecule has 0 fully saturated rings. The van der Waals surface area contributed by atoms with E-state index in [4.69, 9.17) is 0 Å². The number of hydrogen-bond acceptors (Lipinski definition) is 3. The maximum atomic E-state index is 12.1. The number of aromatic nitrogens is 2. The van der Waals surface area contributed by atoms with E-state index in [1.807, 2.05) is 66.7 Å². The summed E-state index contributed by atoms with van der Waals surface area (Å²) in [7, 11) is 3.61. The summed E-state index contributed by atoms with van der Waals surface area (Å²) < 4.78 is 0. The van der Waals surface area contributed by atoms with Crippen LogP contribution in [0.5, 0.6) is 0 Å². The maximum Gasteiger partial charge on any atom is 0.239 e. The Balaban J connectivity index is 0.00000341. The topological polar surface area (TPSA) is 85.4 Å². The van der Waals surface area contributed by atoms with Gasteiger partial charge in [-0.25, -0.2) is 4.98 Å². The Bertz CT molecular complexity index is 958. The van der Waals surface area contributed by atoms with Crippen molar-refractivity contribution >= 4 is 35.8 Å². The van der Waals surface area contributed by atoms with Crippen LogP contribution in [0.3, 0.4) is 0 Å². The van der Waals surface area contributed by atoms with Gasteiger partial charge in [0.15, 0.2) is 5.96 Å². The number of benzene rings is 2. The van der Waals surface area contributed by atoms with Crippen LogP contribution in [0.1, 0.15) is 11.4 Å². The van der Waals surface area contributed by atoms with Gasteiger partial charge in [-0.3, -0.25) is 9.79 Å². The van der Waals surface area contributed by atoms with Gasteiger partial charge in [0.05, 0.1) is 25.0 Å². The van der Waals surface area contributed by atoms with E-state index in [0.29, 0.717) is 19.0 Å². The lowest BCUT2D eigenvalue weighted by Gasteiger charge is -2.20. The molecule has 7 nitrogen and oxygen atoms in total. The van der Waals surface area contributed by atoms with Crippen molar-refractivity contribution in [2.75, 3.05) is 27.2 Å². The Morgan fingerprint density at radius 2 is 1.74 bits per heavy atom. The lowest BCUT2D eigenvalue weighted by atomic mass is 10.1. The minimum Gasteiger partial charge on any atom is -0.354 e. The highest BCUT2D eigenvalue weighted by molar-refractivity contribution is 14.0. The molecule has 31 heavy (non-hydrogen) atoms. The monoisotopic (exact) mass is 532 g/mol. The van der Waals surface area contributed by atoms with Gasteiger partial charge < -0.3 is 20.5 Å². The van der Waals surface area contributed by atoms with Crippen LogP contribution in [0.25, 0.3) is 11.3 Å². The number of imidazole rings is 1. The van der Waals surface area contributed by atoms with Crippen LogP contribution in [0, 0.1) is 0 Å². The minimum absolute atomic E-state index is 0. The predicted octanol–water partition coefficient (Wildman–Crippen LogP) is 3.06. The molecular weight excluding hydrogens is 503 g/mol. The van der Waals surface area contributed by atoms with Crippen molar-refractivity contribution in [2.45, 2.75) is 13.0 Å². The Hall–Kier alpha value is -2.88. The largest absolute Gasteiger partial charge is 0.354 e. The number of carbonyl (C=O) groups excluding carboxylic acids is 1. The van der Waals surface area contributed by atoms with E-state index in [1.54, 1.807) is 7.05 Å². The Labute approximate surface area is 200 Å². The molecule has 3 rings (SSSR count). The summed E-state index contributed by atoms with van der Waals surface area (Å²) in [5.74, 6) is 1.39. The number of hydrogen-bond donors (Lipinski definition) is 3. The zero-order valence-corrected chi connectivity index (χ0v) is 20.2. The number of halogens is 1. The SMILES string of the molecule is CN=C(NCC(=O)NCCc1ccccc1)N(C)Cc1ncc(-c2ccccc2)[nH]1.I. The number of carbonyl (C=O) groups is 1. The fourth-order valence-electron chi connectivity index (χ4n) is 3.10. The first-order valence-corrected chi connectivity index (χ1v) is 9.97. The number of amides is 1. The van der Waals surface area contributed by atoms with Crippen molar-refractivity contribution in [3.05, 3.63) is 78.2 Å².